The molecule has 0 aliphatic heterocycles. The highest BCUT2D eigenvalue weighted by Crippen LogP contribution is 2.44. The lowest BCUT2D eigenvalue weighted by molar-refractivity contribution is 0.472. The molecule has 1 nitrogen and oxygen atoms in total. The Morgan fingerprint density at radius 2 is 1.78 bits per heavy atom. The molecule has 0 heterocycles. The summed E-state index contributed by atoms with van der Waals surface area (Å²) in [6.45, 7) is 1.06. The molecule has 0 aromatic heterocycles. The number of rotatable bonds is 3. The van der Waals surface area contributed by atoms with Crippen LogP contribution in [-0.2, 0) is 0 Å². The molecule has 2 aliphatic rings. The number of hydrogen-bond donors (Lipinski definition) is 1. The van der Waals surface area contributed by atoms with Gasteiger partial charge in [-0.25, -0.2) is 0 Å². The van der Waals surface area contributed by atoms with Crippen molar-refractivity contribution in [3.05, 3.63) is 37.7 Å². The summed E-state index contributed by atoms with van der Waals surface area (Å²) in [4.78, 5) is 0. The molecule has 0 amide bonds. The van der Waals surface area contributed by atoms with Gasteiger partial charge >= 0.3 is 0 Å². The molecule has 1 saturated carbocycles. The second-order valence-electron chi connectivity index (χ2n) is 5.17. The molecule has 1 fully saturated rings. The third-order valence-electron chi connectivity index (χ3n) is 3.96. The molecule has 2 aliphatic carbocycles. The van der Waals surface area contributed by atoms with E-state index in [4.69, 9.17) is 0 Å². The first-order valence-corrected chi connectivity index (χ1v) is 8.58. The molecular formula is C14H14Br3N. The van der Waals surface area contributed by atoms with Crippen molar-refractivity contribution in [1.29, 1.82) is 0 Å². The largest absolute Gasteiger partial charge is 0.383 e. The molecule has 1 N–H and O–H groups in total. The molecule has 1 aromatic carbocycles. The van der Waals surface area contributed by atoms with E-state index in [2.05, 4.69) is 77.4 Å². The van der Waals surface area contributed by atoms with Crippen LogP contribution in [0.5, 0.6) is 0 Å². The Morgan fingerprint density at radius 3 is 2.33 bits per heavy atom. The van der Waals surface area contributed by atoms with Crippen LogP contribution < -0.4 is 5.32 Å². The number of benzene rings is 1. The zero-order chi connectivity index (χ0) is 12.7. The van der Waals surface area contributed by atoms with Gasteiger partial charge in [-0.15, -0.1) is 0 Å². The molecule has 0 saturated heterocycles. The second kappa shape index (κ2) is 5.29. The van der Waals surface area contributed by atoms with Gasteiger partial charge in [0.2, 0.25) is 0 Å². The van der Waals surface area contributed by atoms with Crippen LogP contribution in [0.1, 0.15) is 12.8 Å². The van der Waals surface area contributed by atoms with E-state index >= 15 is 0 Å². The van der Waals surface area contributed by atoms with Crippen LogP contribution in [-0.4, -0.2) is 6.54 Å². The van der Waals surface area contributed by atoms with Crippen LogP contribution >= 0.6 is 47.8 Å². The smallest absolute Gasteiger partial charge is 0.0629 e. The zero-order valence-corrected chi connectivity index (χ0v) is 14.6. The molecule has 1 aromatic rings. The number of allylic oxidation sites excluding steroid dienone is 2. The first kappa shape index (κ1) is 13.2. The van der Waals surface area contributed by atoms with Crippen molar-refractivity contribution in [2.75, 3.05) is 11.9 Å². The summed E-state index contributed by atoms with van der Waals surface area (Å²) in [5, 5.41) is 3.59. The minimum Gasteiger partial charge on any atom is -0.383 e. The van der Waals surface area contributed by atoms with Crippen LogP contribution in [0.2, 0.25) is 0 Å². The summed E-state index contributed by atoms with van der Waals surface area (Å²) in [6, 6.07) is 4.15. The molecule has 96 valence electrons. The lowest BCUT2D eigenvalue weighted by atomic mass is 9.93. The summed E-state index contributed by atoms with van der Waals surface area (Å²) in [7, 11) is 0. The molecule has 3 atom stereocenters. The predicted octanol–water partition coefficient (Wildman–Crippen LogP) is 5.60. The van der Waals surface area contributed by atoms with Gasteiger partial charge < -0.3 is 5.32 Å². The van der Waals surface area contributed by atoms with E-state index in [0.29, 0.717) is 0 Å². The fourth-order valence-electron chi connectivity index (χ4n) is 3.07. The van der Waals surface area contributed by atoms with Crippen LogP contribution in [0.4, 0.5) is 5.69 Å². The molecule has 0 radical (unpaired) electrons. The Balaban J connectivity index is 1.69. The second-order valence-corrected chi connectivity index (χ2v) is 7.79. The maximum atomic E-state index is 3.61. The first-order chi connectivity index (χ1) is 8.63. The molecule has 18 heavy (non-hydrogen) atoms. The van der Waals surface area contributed by atoms with Crippen molar-refractivity contribution < 1.29 is 0 Å². The fourth-order valence-corrected chi connectivity index (χ4v) is 5.61. The first-order valence-electron chi connectivity index (χ1n) is 6.20. The van der Waals surface area contributed by atoms with Crippen molar-refractivity contribution in [3.8, 4) is 0 Å². The molecule has 3 rings (SSSR count). The monoisotopic (exact) mass is 433 g/mol. The number of anilines is 1. The third kappa shape index (κ3) is 2.56. The minimum absolute atomic E-state index is 0.794. The Hall–Kier alpha value is 0.200. The summed E-state index contributed by atoms with van der Waals surface area (Å²) in [6.07, 6.45) is 7.52. The van der Waals surface area contributed by atoms with Gasteiger partial charge in [-0.3, -0.25) is 0 Å². The molecule has 3 unspecified atom stereocenters. The Bertz CT molecular complexity index is 475. The maximum absolute atomic E-state index is 3.61. The summed E-state index contributed by atoms with van der Waals surface area (Å²) >= 11 is 10.7. The summed E-state index contributed by atoms with van der Waals surface area (Å²) in [5.41, 5.74) is 1.16. The molecule has 0 spiro atoms. The van der Waals surface area contributed by atoms with Gasteiger partial charge in [0.05, 0.1) is 5.69 Å². The minimum atomic E-state index is 0.794. The van der Waals surface area contributed by atoms with E-state index in [0.717, 1.165) is 43.4 Å². The van der Waals surface area contributed by atoms with E-state index in [9.17, 15) is 0 Å². The number of hydrogen-bond acceptors (Lipinski definition) is 1. The van der Waals surface area contributed by atoms with E-state index in [1.807, 2.05) is 0 Å². The maximum Gasteiger partial charge on any atom is 0.0629 e. The highest BCUT2D eigenvalue weighted by molar-refractivity contribution is 9.11. The Morgan fingerprint density at radius 1 is 1.06 bits per heavy atom. The van der Waals surface area contributed by atoms with Crippen LogP contribution in [0.15, 0.2) is 37.7 Å². The van der Waals surface area contributed by atoms with Crippen molar-refractivity contribution in [3.63, 3.8) is 0 Å². The highest BCUT2D eigenvalue weighted by Gasteiger charge is 2.35. The fraction of sp³-hybridized carbons (Fsp3) is 0.429. The van der Waals surface area contributed by atoms with E-state index in [-0.39, 0.29) is 0 Å². The average molecular weight is 436 g/mol. The lowest BCUT2D eigenvalue weighted by Gasteiger charge is -2.20. The van der Waals surface area contributed by atoms with Crippen molar-refractivity contribution in [2.45, 2.75) is 12.8 Å². The van der Waals surface area contributed by atoms with Gasteiger partial charge in [-0.1, -0.05) is 28.1 Å². The van der Waals surface area contributed by atoms with E-state index < -0.39 is 0 Å². The van der Waals surface area contributed by atoms with E-state index in [1.54, 1.807) is 0 Å². The van der Waals surface area contributed by atoms with Crippen LogP contribution in [0.25, 0.3) is 0 Å². The highest BCUT2D eigenvalue weighted by atomic mass is 79.9. The van der Waals surface area contributed by atoms with Crippen molar-refractivity contribution in [1.82, 2.24) is 0 Å². The van der Waals surface area contributed by atoms with E-state index in [1.165, 1.54) is 12.8 Å². The number of nitrogens with one attached hydrogen (secondary N) is 1. The summed E-state index contributed by atoms with van der Waals surface area (Å²) in [5.74, 6) is 2.44. The molecular weight excluding hydrogens is 422 g/mol. The van der Waals surface area contributed by atoms with Crippen LogP contribution in [0.3, 0.4) is 0 Å². The predicted molar refractivity (Wildman–Crippen MR) is 86.9 cm³/mol. The molecule has 4 heteroatoms. The van der Waals surface area contributed by atoms with Gasteiger partial charge in [0.15, 0.2) is 0 Å². The lowest BCUT2D eigenvalue weighted by Crippen LogP contribution is -2.18. The average Bonchev–Trinajstić information content (AvgIpc) is 2.89. The van der Waals surface area contributed by atoms with Crippen LogP contribution in [0, 0.1) is 17.8 Å². The van der Waals surface area contributed by atoms with Gasteiger partial charge in [0.1, 0.15) is 0 Å². The third-order valence-corrected chi connectivity index (χ3v) is 5.67. The normalized spacial score (nSPS) is 28.9. The topological polar surface area (TPSA) is 12.0 Å². The van der Waals surface area contributed by atoms with Crippen molar-refractivity contribution >= 4 is 53.5 Å². The number of fused-ring (bicyclic) bond motifs is 2. The van der Waals surface area contributed by atoms with Gasteiger partial charge in [-0.05, 0) is 74.6 Å². The van der Waals surface area contributed by atoms with Gasteiger partial charge in [0, 0.05) is 20.0 Å². The SMILES string of the molecule is Brc1cc(Br)c(NCC2CC3C=CC2C3)c(Br)c1. The number of halogens is 3. The van der Waals surface area contributed by atoms with Gasteiger partial charge in [0.25, 0.3) is 0 Å². The quantitative estimate of drug-likeness (QED) is 0.609. The standard InChI is InChI=1S/C14H14Br3N/c15-11-5-12(16)14(13(17)6-11)18-7-10-4-8-1-2-9(10)3-8/h1-2,5-6,8-10,18H,3-4,7H2. The summed E-state index contributed by atoms with van der Waals surface area (Å²) < 4.78 is 3.28. The Kier molecular flexibility index (Phi) is 3.88. The van der Waals surface area contributed by atoms with Crippen molar-refractivity contribution in [2.24, 2.45) is 17.8 Å². The molecule has 2 bridgehead atoms. The van der Waals surface area contributed by atoms with Gasteiger partial charge in [-0.2, -0.15) is 0 Å². The zero-order valence-electron chi connectivity index (χ0n) is 9.80. The Labute approximate surface area is 133 Å².